The first-order chi connectivity index (χ1) is 13.5. The van der Waals surface area contributed by atoms with Crippen LogP contribution in [-0.4, -0.2) is 65.5 Å². The van der Waals surface area contributed by atoms with Crippen LogP contribution in [0.4, 0.5) is 5.69 Å². The zero-order chi connectivity index (χ0) is 19.7. The highest BCUT2D eigenvalue weighted by Gasteiger charge is 2.32. The molecule has 0 bridgehead atoms. The molecule has 1 saturated carbocycles. The number of fused-ring (bicyclic) bond motifs is 1. The number of aryl methyl sites for hydroxylation is 1. The van der Waals surface area contributed by atoms with Crippen molar-refractivity contribution in [1.82, 2.24) is 9.80 Å². The topological polar surface area (TPSA) is 64.1 Å². The Kier molecular flexibility index (Phi) is 5.69. The monoisotopic (exact) mass is 385 g/mol. The Bertz CT molecular complexity index is 745. The highest BCUT2D eigenvalue weighted by atomic mass is 16.3. The number of aliphatic hydroxyl groups is 1. The van der Waals surface area contributed by atoms with E-state index in [1.165, 1.54) is 12.8 Å². The molecule has 1 atom stereocenters. The van der Waals surface area contributed by atoms with Crippen LogP contribution < -0.4 is 4.90 Å². The number of nitrogens with zero attached hydrogens (tertiary/aromatic N) is 3. The average molecular weight is 386 g/mol. The normalized spacial score (nSPS) is 22.4. The summed E-state index contributed by atoms with van der Waals surface area (Å²) in [7, 11) is 0. The quantitative estimate of drug-likeness (QED) is 0.862. The van der Waals surface area contributed by atoms with Crippen LogP contribution in [0, 0.1) is 0 Å². The van der Waals surface area contributed by atoms with Crippen LogP contribution in [0.3, 0.4) is 0 Å². The number of amides is 2. The summed E-state index contributed by atoms with van der Waals surface area (Å²) in [5, 5.41) is 10.8. The minimum atomic E-state index is -0.621. The van der Waals surface area contributed by atoms with Gasteiger partial charge in [0.05, 0.1) is 12.6 Å². The lowest BCUT2D eigenvalue weighted by Gasteiger charge is -2.38. The van der Waals surface area contributed by atoms with Gasteiger partial charge in [-0.2, -0.15) is 0 Å². The van der Waals surface area contributed by atoms with E-state index in [2.05, 4.69) is 9.80 Å². The molecule has 6 nitrogen and oxygen atoms in total. The number of rotatable bonds is 4. The first-order valence-corrected chi connectivity index (χ1v) is 10.6. The fourth-order valence-corrected chi connectivity index (χ4v) is 4.99. The zero-order valence-electron chi connectivity index (χ0n) is 16.8. The van der Waals surface area contributed by atoms with Crippen molar-refractivity contribution in [3.05, 3.63) is 29.3 Å². The molecule has 6 heteroatoms. The molecular formula is C22H31N3O3. The van der Waals surface area contributed by atoms with Crippen LogP contribution in [-0.2, 0) is 16.0 Å². The Balaban J connectivity index is 1.38. The lowest BCUT2D eigenvalue weighted by atomic mass is 9.97. The third kappa shape index (κ3) is 3.94. The molecule has 2 amide bonds. The summed E-state index contributed by atoms with van der Waals surface area (Å²) in [6.45, 7) is 4.82. The van der Waals surface area contributed by atoms with E-state index in [9.17, 15) is 14.7 Å². The number of benzene rings is 1. The summed E-state index contributed by atoms with van der Waals surface area (Å²) in [6.07, 6.45) is 6.00. The van der Waals surface area contributed by atoms with Gasteiger partial charge in [-0.25, -0.2) is 0 Å². The van der Waals surface area contributed by atoms with Gasteiger partial charge in [0.15, 0.2) is 0 Å². The van der Waals surface area contributed by atoms with Gasteiger partial charge in [0.25, 0.3) is 0 Å². The van der Waals surface area contributed by atoms with Crippen molar-refractivity contribution in [3.8, 4) is 0 Å². The molecule has 4 rings (SSSR count). The predicted octanol–water partition coefficient (Wildman–Crippen LogP) is 2.11. The summed E-state index contributed by atoms with van der Waals surface area (Å²) in [5.74, 6) is 0.265. The molecule has 0 spiro atoms. The Morgan fingerprint density at radius 1 is 1.18 bits per heavy atom. The van der Waals surface area contributed by atoms with Gasteiger partial charge in [0.1, 0.15) is 0 Å². The first kappa shape index (κ1) is 19.4. The van der Waals surface area contributed by atoms with E-state index in [-0.39, 0.29) is 11.8 Å². The fraction of sp³-hybridized carbons (Fsp3) is 0.636. The van der Waals surface area contributed by atoms with Crippen LogP contribution in [0.1, 0.15) is 56.3 Å². The largest absolute Gasteiger partial charge is 0.387 e. The van der Waals surface area contributed by atoms with E-state index in [0.29, 0.717) is 19.1 Å². The molecule has 1 aromatic rings. The molecule has 0 radical (unpaired) electrons. The summed E-state index contributed by atoms with van der Waals surface area (Å²) in [5.41, 5.74) is 2.96. The van der Waals surface area contributed by atoms with Gasteiger partial charge < -0.3 is 14.9 Å². The number of piperazine rings is 1. The highest BCUT2D eigenvalue weighted by molar-refractivity contribution is 5.92. The fourth-order valence-electron chi connectivity index (χ4n) is 4.99. The van der Waals surface area contributed by atoms with Gasteiger partial charge in [-0.15, -0.1) is 0 Å². The van der Waals surface area contributed by atoms with Crippen molar-refractivity contribution in [3.63, 3.8) is 0 Å². The average Bonchev–Trinajstić information content (AvgIpc) is 3.21. The molecule has 2 heterocycles. The van der Waals surface area contributed by atoms with E-state index in [4.69, 9.17) is 0 Å². The summed E-state index contributed by atoms with van der Waals surface area (Å²) < 4.78 is 0. The number of anilines is 1. The lowest BCUT2D eigenvalue weighted by molar-refractivity contribution is -0.139. The Labute approximate surface area is 167 Å². The van der Waals surface area contributed by atoms with Gasteiger partial charge in [-0.05, 0) is 42.9 Å². The summed E-state index contributed by atoms with van der Waals surface area (Å²) in [6, 6.07) is 6.34. The van der Waals surface area contributed by atoms with Crippen LogP contribution in [0.5, 0.6) is 0 Å². The molecule has 152 valence electrons. The van der Waals surface area contributed by atoms with Crippen molar-refractivity contribution in [2.24, 2.45) is 0 Å². The van der Waals surface area contributed by atoms with Crippen LogP contribution in [0.25, 0.3) is 0 Å². The summed E-state index contributed by atoms with van der Waals surface area (Å²) in [4.78, 5) is 30.3. The second-order valence-corrected chi connectivity index (χ2v) is 8.44. The number of hydrogen-bond acceptors (Lipinski definition) is 4. The minimum Gasteiger partial charge on any atom is -0.387 e. The van der Waals surface area contributed by atoms with Crippen molar-refractivity contribution in [1.29, 1.82) is 0 Å². The van der Waals surface area contributed by atoms with E-state index in [1.807, 2.05) is 23.1 Å². The molecule has 1 N–H and O–H groups in total. The van der Waals surface area contributed by atoms with E-state index in [0.717, 1.165) is 62.1 Å². The zero-order valence-corrected chi connectivity index (χ0v) is 16.8. The van der Waals surface area contributed by atoms with Gasteiger partial charge >= 0.3 is 0 Å². The Morgan fingerprint density at radius 3 is 2.68 bits per heavy atom. The minimum absolute atomic E-state index is 0.0629. The molecular weight excluding hydrogens is 354 g/mol. The first-order valence-electron chi connectivity index (χ1n) is 10.6. The third-order valence-corrected chi connectivity index (χ3v) is 6.52. The van der Waals surface area contributed by atoms with Crippen molar-refractivity contribution in [2.45, 2.75) is 57.6 Å². The third-order valence-electron chi connectivity index (χ3n) is 6.52. The van der Waals surface area contributed by atoms with Crippen molar-refractivity contribution < 1.29 is 14.7 Å². The van der Waals surface area contributed by atoms with Crippen LogP contribution in [0.15, 0.2) is 18.2 Å². The molecule has 2 fully saturated rings. The molecule has 28 heavy (non-hydrogen) atoms. The molecule has 1 saturated heterocycles. The Hall–Kier alpha value is -1.92. The molecule has 0 unspecified atom stereocenters. The maximum Gasteiger partial charge on any atom is 0.237 e. The van der Waals surface area contributed by atoms with Gasteiger partial charge in [0.2, 0.25) is 11.8 Å². The smallest absolute Gasteiger partial charge is 0.237 e. The molecule has 0 aromatic heterocycles. The number of carbonyl (C=O) groups is 2. The van der Waals surface area contributed by atoms with Crippen molar-refractivity contribution >= 4 is 17.5 Å². The van der Waals surface area contributed by atoms with E-state index < -0.39 is 6.10 Å². The molecule has 2 aliphatic heterocycles. The standard InChI is InChI=1S/C22H31N3O3/c1-16(26)24-10-4-5-17-13-18(8-9-20(17)24)21(27)14-23-11-12-25(22(28)15-23)19-6-2-3-7-19/h8-9,13,19,21,27H,2-7,10-12,14-15H2,1H3/t21-/m1/s1. The highest BCUT2D eigenvalue weighted by Crippen LogP contribution is 2.30. The predicted molar refractivity (Wildman–Crippen MR) is 108 cm³/mol. The van der Waals surface area contributed by atoms with Crippen LogP contribution in [0.2, 0.25) is 0 Å². The maximum atomic E-state index is 12.6. The maximum absolute atomic E-state index is 12.6. The van der Waals surface area contributed by atoms with Crippen LogP contribution >= 0.6 is 0 Å². The van der Waals surface area contributed by atoms with Crippen molar-refractivity contribution in [2.75, 3.05) is 37.6 Å². The van der Waals surface area contributed by atoms with Gasteiger partial charge in [-0.3, -0.25) is 14.5 Å². The number of aliphatic hydroxyl groups excluding tert-OH is 1. The van der Waals surface area contributed by atoms with Gasteiger partial charge in [-0.1, -0.05) is 25.0 Å². The lowest BCUT2D eigenvalue weighted by Crippen LogP contribution is -2.54. The summed E-state index contributed by atoms with van der Waals surface area (Å²) >= 11 is 0. The number of β-amino-alcohol motifs (C(OH)–C–C–N with tert-alkyl or cyclic N) is 1. The molecule has 1 aliphatic carbocycles. The number of carbonyl (C=O) groups excluding carboxylic acids is 2. The molecule has 3 aliphatic rings. The van der Waals surface area contributed by atoms with Gasteiger partial charge in [0, 0.05) is 44.8 Å². The second kappa shape index (κ2) is 8.21. The SMILES string of the molecule is CC(=O)N1CCCc2cc([C@H](O)CN3CCN(C4CCCC4)C(=O)C3)ccc21. The number of hydrogen-bond donors (Lipinski definition) is 1. The second-order valence-electron chi connectivity index (χ2n) is 8.44. The van der Waals surface area contributed by atoms with E-state index >= 15 is 0 Å². The Morgan fingerprint density at radius 2 is 1.96 bits per heavy atom. The molecule has 1 aromatic carbocycles. The van der Waals surface area contributed by atoms with E-state index in [1.54, 1.807) is 6.92 Å².